The summed E-state index contributed by atoms with van der Waals surface area (Å²) in [6, 6.07) is 6.36. The number of aromatic nitrogens is 2. The third-order valence-corrected chi connectivity index (χ3v) is 4.75. The molecule has 31 heavy (non-hydrogen) atoms. The van der Waals surface area contributed by atoms with E-state index >= 15 is 0 Å². The van der Waals surface area contributed by atoms with Crippen LogP contribution in [0.5, 0.6) is 5.75 Å². The molecule has 0 aliphatic rings. The molecule has 1 unspecified atom stereocenters. The average molecular weight is 456 g/mol. The van der Waals surface area contributed by atoms with Crippen LogP contribution in [0.15, 0.2) is 41.2 Å². The predicted molar refractivity (Wildman–Crippen MR) is 114 cm³/mol. The van der Waals surface area contributed by atoms with Gasteiger partial charge in [-0.15, -0.1) is 0 Å². The molecular weight excluding hydrogens is 432 g/mol. The Kier molecular flexibility index (Phi) is 9.01. The molecule has 0 aliphatic carbocycles. The van der Waals surface area contributed by atoms with Crippen molar-refractivity contribution in [2.75, 3.05) is 5.32 Å². The van der Waals surface area contributed by atoms with Gasteiger partial charge in [0.05, 0.1) is 5.69 Å². The Balaban J connectivity index is 0.00000341. The first kappa shape index (κ1) is 25.3. The van der Waals surface area contributed by atoms with Gasteiger partial charge in [-0.05, 0) is 37.6 Å². The van der Waals surface area contributed by atoms with Gasteiger partial charge in [0.2, 0.25) is 0 Å². The van der Waals surface area contributed by atoms with Gasteiger partial charge in [-0.2, -0.15) is 0 Å². The van der Waals surface area contributed by atoms with Crippen molar-refractivity contribution in [3.05, 3.63) is 53.5 Å². The molecule has 2 heterocycles. The average Bonchev–Trinajstić information content (AvgIpc) is 3.32. The number of halogens is 1. The Morgan fingerprint density at radius 2 is 1.90 bits per heavy atom. The second-order valence-electron chi connectivity index (χ2n) is 6.72. The van der Waals surface area contributed by atoms with E-state index in [1.165, 1.54) is 24.5 Å². The summed E-state index contributed by atoms with van der Waals surface area (Å²) in [6.45, 7) is 4.18. The standard InChI is InChI=1S/C21H22FN3O5.K.H/c1-3-14-18(30-24-19(14)12-5-7-13(26)8-6-12)9-16(22)20(27)23-17-11-25(4-2)10-15(17)21(28)29;;/h5-8,10-11,16,26H,3-4,9H2,1-2H3,(H,23,27)(H,28,29);;. The number of carbonyl (C=O) groups excluding carboxylic acids is 1. The number of phenolic OH excluding ortho intramolecular Hbond substituents is 1. The summed E-state index contributed by atoms with van der Waals surface area (Å²) >= 11 is 0. The predicted octanol–water partition coefficient (Wildman–Crippen LogP) is 3.00. The van der Waals surface area contributed by atoms with Crippen LogP contribution in [0.4, 0.5) is 10.1 Å². The number of anilines is 1. The molecule has 8 nitrogen and oxygen atoms in total. The van der Waals surface area contributed by atoms with Crippen LogP contribution >= 0.6 is 0 Å². The number of carboxylic acids is 1. The van der Waals surface area contributed by atoms with Gasteiger partial charge in [-0.25, -0.2) is 9.18 Å². The second kappa shape index (κ2) is 11.1. The van der Waals surface area contributed by atoms with E-state index in [-0.39, 0.29) is 80.6 Å². The number of aryl methyl sites for hydroxylation is 1. The zero-order valence-corrected chi connectivity index (χ0v) is 16.6. The van der Waals surface area contributed by atoms with Crippen molar-refractivity contribution < 1.29 is 28.7 Å². The van der Waals surface area contributed by atoms with Crippen molar-refractivity contribution in [3.63, 3.8) is 0 Å². The number of carboxylic acid groups (broad SMARTS) is 1. The number of alkyl halides is 1. The minimum atomic E-state index is -1.96. The first-order valence-corrected chi connectivity index (χ1v) is 9.48. The molecule has 3 aromatic rings. The van der Waals surface area contributed by atoms with Gasteiger partial charge in [0, 0.05) is 36.5 Å². The number of aromatic hydroxyl groups is 1. The van der Waals surface area contributed by atoms with E-state index in [2.05, 4.69) is 10.5 Å². The number of nitrogens with zero attached hydrogens (tertiary/aromatic N) is 2. The van der Waals surface area contributed by atoms with E-state index in [1.807, 2.05) is 13.8 Å². The first-order chi connectivity index (χ1) is 14.3. The van der Waals surface area contributed by atoms with E-state index in [0.29, 0.717) is 29.8 Å². The van der Waals surface area contributed by atoms with Crippen LogP contribution in [0.2, 0.25) is 0 Å². The molecule has 1 amide bonds. The van der Waals surface area contributed by atoms with Crippen molar-refractivity contribution in [2.24, 2.45) is 0 Å². The molecule has 0 spiro atoms. The van der Waals surface area contributed by atoms with Crippen LogP contribution in [0, 0.1) is 0 Å². The van der Waals surface area contributed by atoms with Crippen LogP contribution in [0.25, 0.3) is 11.3 Å². The van der Waals surface area contributed by atoms with Crippen molar-refractivity contribution in [2.45, 2.75) is 39.4 Å². The molecule has 0 saturated carbocycles. The van der Waals surface area contributed by atoms with Crippen molar-refractivity contribution in [1.82, 2.24) is 9.72 Å². The monoisotopic (exact) mass is 455 g/mol. The molecule has 1 aromatic carbocycles. The number of amides is 1. The number of benzene rings is 1. The molecule has 10 heteroatoms. The summed E-state index contributed by atoms with van der Waals surface area (Å²) in [5.41, 5.74) is 1.82. The Labute approximate surface area is 220 Å². The molecule has 0 saturated heterocycles. The number of hydrogen-bond donors (Lipinski definition) is 3. The zero-order valence-electron chi connectivity index (χ0n) is 16.6. The van der Waals surface area contributed by atoms with E-state index in [9.17, 15) is 24.2 Å². The maximum atomic E-state index is 14.7. The SMILES string of the molecule is CCc1c(-c2ccc(O)cc2)noc1CC(F)C(=O)Nc1cn(CC)cc1C(=O)O.[KH]. The maximum absolute atomic E-state index is 14.7. The third-order valence-electron chi connectivity index (χ3n) is 4.75. The van der Waals surface area contributed by atoms with Crippen LogP contribution in [0.1, 0.15) is 35.5 Å². The number of phenols is 1. The van der Waals surface area contributed by atoms with E-state index in [1.54, 1.807) is 16.7 Å². The number of aromatic carboxylic acids is 1. The number of carbonyl (C=O) groups is 2. The number of hydrogen-bond acceptors (Lipinski definition) is 5. The fourth-order valence-electron chi connectivity index (χ4n) is 3.14. The van der Waals surface area contributed by atoms with E-state index in [0.717, 1.165) is 0 Å². The van der Waals surface area contributed by atoms with Crippen LogP contribution in [-0.4, -0.2) is 89.4 Å². The summed E-state index contributed by atoms with van der Waals surface area (Å²) in [4.78, 5) is 23.7. The molecule has 0 bridgehead atoms. The molecule has 3 rings (SSSR count). The van der Waals surface area contributed by atoms with Crippen molar-refractivity contribution >= 4 is 68.9 Å². The Hall–Kier alpha value is -1.98. The molecule has 3 N–H and O–H groups in total. The Bertz CT molecular complexity index is 1060. The van der Waals surface area contributed by atoms with Gasteiger partial charge in [0.1, 0.15) is 22.8 Å². The molecule has 1 atom stereocenters. The van der Waals surface area contributed by atoms with E-state index < -0.39 is 18.0 Å². The van der Waals surface area contributed by atoms with Gasteiger partial charge >= 0.3 is 57.4 Å². The number of nitrogens with one attached hydrogen (secondary N) is 1. The molecule has 2 aromatic heterocycles. The van der Waals surface area contributed by atoms with Crippen molar-refractivity contribution in [1.29, 1.82) is 0 Å². The molecule has 0 aliphatic heterocycles. The van der Waals surface area contributed by atoms with Gasteiger partial charge in [-0.1, -0.05) is 12.1 Å². The van der Waals surface area contributed by atoms with Gasteiger partial charge < -0.3 is 24.6 Å². The molecule has 160 valence electrons. The summed E-state index contributed by atoms with van der Waals surface area (Å²) in [6.07, 6.45) is 1.04. The van der Waals surface area contributed by atoms with Gasteiger partial charge in [0.25, 0.3) is 5.91 Å². The number of rotatable bonds is 8. The van der Waals surface area contributed by atoms with Gasteiger partial charge in [-0.3, -0.25) is 4.79 Å². The molecule has 0 fully saturated rings. The fourth-order valence-corrected chi connectivity index (χ4v) is 3.14. The third kappa shape index (κ3) is 5.83. The fraction of sp³-hybridized carbons (Fsp3) is 0.286. The Morgan fingerprint density at radius 1 is 1.23 bits per heavy atom. The summed E-state index contributed by atoms with van der Waals surface area (Å²) in [7, 11) is 0. The second-order valence-corrected chi connectivity index (χ2v) is 6.72. The van der Waals surface area contributed by atoms with Crippen LogP contribution < -0.4 is 5.32 Å². The topological polar surface area (TPSA) is 118 Å². The van der Waals surface area contributed by atoms with Gasteiger partial charge in [0.15, 0.2) is 6.17 Å². The quantitative estimate of drug-likeness (QED) is 0.450. The zero-order chi connectivity index (χ0) is 21.8. The summed E-state index contributed by atoms with van der Waals surface area (Å²) < 4.78 is 21.6. The van der Waals surface area contributed by atoms with Crippen molar-refractivity contribution in [3.8, 4) is 17.0 Å². The molecular formula is C21H23FKN3O5. The summed E-state index contributed by atoms with van der Waals surface area (Å²) in [5, 5.41) is 25.0. The summed E-state index contributed by atoms with van der Waals surface area (Å²) in [5.74, 6) is -1.82. The minimum absolute atomic E-state index is 0. The van der Waals surface area contributed by atoms with Crippen LogP contribution in [0.3, 0.4) is 0 Å². The normalized spacial score (nSPS) is 11.6. The van der Waals surface area contributed by atoms with E-state index in [4.69, 9.17) is 4.52 Å². The first-order valence-electron chi connectivity index (χ1n) is 9.48. The Morgan fingerprint density at radius 3 is 2.48 bits per heavy atom. The molecule has 0 radical (unpaired) electrons. The van der Waals surface area contributed by atoms with Crippen LogP contribution in [-0.2, 0) is 24.2 Å².